The lowest BCUT2D eigenvalue weighted by atomic mass is 9.96. The van der Waals surface area contributed by atoms with Crippen molar-refractivity contribution in [3.05, 3.63) is 48.2 Å². The number of rotatable bonds is 9. The molecule has 0 spiro atoms. The summed E-state index contributed by atoms with van der Waals surface area (Å²) < 4.78 is 7.50. The van der Waals surface area contributed by atoms with Crippen molar-refractivity contribution in [2.45, 2.75) is 77.5 Å². The standard InChI is InChI=1S/C24H36N4O3/c1-4-19(2)28(24(30)25-20-10-6-5-7-11-20)18-23(29)27(17-22-13-9-15-31-22)16-21-12-8-14-26(21)3/h8-9,12-15,19-20H,4-7,10-11,16-18H2,1-3H3,(H,25,30). The highest BCUT2D eigenvalue weighted by molar-refractivity contribution is 5.84. The molecule has 31 heavy (non-hydrogen) atoms. The van der Waals surface area contributed by atoms with Crippen molar-refractivity contribution in [3.63, 3.8) is 0 Å². The van der Waals surface area contributed by atoms with Gasteiger partial charge in [-0.3, -0.25) is 4.79 Å². The summed E-state index contributed by atoms with van der Waals surface area (Å²) in [5.74, 6) is 0.640. The molecule has 1 unspecified atom stereocenters. The van der Waals surface area contributed by atoms with Gasteiger partial charge in [-0.15, -0.1) is 0 Å². The Hall–Kier alpha value is -2.70. The number of hydrogen-bond donors (Lipinski definition) is 1. The maximum Gasteiger partial charge on any atom is 0.318 e. The molecule has 0 aromatic carbocycles. The molecular weight excluding hydrogens is 392 g/mol. The highest BCUT2D eigenvalue weighted by atomic mass is 16.3. The van der Waals surface area contributed by atoms with E-state index < -0.39 is 0 Å². The number of carbonyl (C=O) groups excluding carboxylic acids is 2. The predicted molar refractivity (Wildman–Crippen MR) is 120 cm³/mol. The molecule has 1 atom stereocenters. The minimum atomic E-state index is -0.133. The van der Waals surface area contributed by atoms with E-state index in [9.17, 15) is 9.59 Å². The van der Waals surface area contributed by atoms with Gasteiger partial charge in [-0.2, -0.15) is 0 Å². The Morgan fingerprint density at radius 3 is 2.58 bits per heavy atom. The van der Waals surface area contributed by atoms with Gasteiger partial charge < -0.3 is 24.1 Å². The second kappa shape index (κ2) is 11.1. The summed E-state index contributed by atoms with van der Waals surface area (Å²) in [5, 5.41) is 3.17. The number of aryl methyl sites for hydroxylation is 1. The van der Waals surface area contributed by atoms with Crippen LogP contribution in [0.2, 0.25) is 0 Å². The van der Waals surface area contributed by atoms with Crippen molar-refractivity contribution in [2.24, 2.45) is 7.05 Å². The third-order valence-electron chi connectivity index (χ3n) is 6.31. The topological polar surface area (TPSA) is 70.7 Å². The molecule has 7 heteroatoms. The molecule has 2 aromatic heterocycles. The van der Waals surface area contributed by atoms with Crippen molar-refractivity contribution in [1.82, 2.24) is 19.7 Å². The molecule has 0 radical (unpaired) electrons. The Labute approximate surface area is 185 Å². The van der Waals surface area contributed by atoms with Crippen LogP contribution in [-0.4, -0.2) is 44.9 Å². The summed E-state index contributed by atoms with van der Waals surface area (Å²) in [6, 6.07) is 7.72. The normalized spacial score (nSPS) is 15.5. The van der Waals surface area contributed by atoms with Crippen LogP contribution in [0.5, 0.6) is 0 Å². The molecule has 0 aliphatic heterocycles. The molecule has 1 N–H and O–H groups in total. The van der Waals surface area contributed by atoms with Gasteiger partial charge in [0.1, 0.15) is 12.3 Å². The summed E-state index contributed by atoms with van der Waals surface area (Å²) in [4.78, 5) is 29.9. The molecule has 2 heterocycles. The molecule has 1 saturated carbocycles. The van der Waals surface area contributed by atoms with Crippen molar-refractivity contribution in [3.8, 4) is 0 Å². The van der Waals surface area contributed by atoms with E-state index in [2.05, 4.69) is 5.32 Å². The fourth-order valence-electron chi connectivity index (χ4n) is 4.08. The van der Waals surface area contributed by atoms with E-state index in [0.29, 0.717) is 13.1 Å². The fourth-order valence-corrected chi connectivity index (χ4v) is 4.08. The number of aromatic nitrogens is 1. The van der Waals surface area contributed by atoms with Gasteiger partial charge >= 0.3 is 6.03 Å². The lowest BCUT2D eigenvalue weighted by Gasteiger charge is -2.33. The summed E-state index contributed by atoms with van der Waals surface area (Å²) in [6.07, 6.45) is 9.96. The number of urea groups is 1. The van der Waals surface area contributed by atoms with Crippen LogP contribution in [0.1, 0.15) is 63.8 Å². The van der Waals surface area contributed by atoms with Gasteiger partial charge in [0.25, 0.3) is 0 Å². The zero-order valence-corrected chi connectivity index (χ0v) is 19.0. The van der Waals surface area contributed by atoms with Crippen LogP contribution >= 0.6 is 0 Å². The zero-order chi connectivity index (χ0) is 22.2. The summed E-state index contributed by atoms with van der Waals surface area (Å²) in [7, 11) is 1.97. The van der Waals surface area contributed by atoms with Crippen LogP contribution in [-0.2, 0) is 24.9 Å². The molecule has 1 aliphatic carbocycles. The number of furan rings is 1. The first-order chi connectivity index (χ1) is 15.0. The number of carbonyl (C=O) groups is 2. The molecule has 7 nitrogen and oxygen atoms in total. The second-order valence-electron chi connectivity index (χ2n) is 8.61. The van der Waals surface area contributed by atoms with Crippen LogP contribution < -0.4 is 5.32 Å². The molecule has 3 amide bonds. The molecular formula is C24H36N4O3. The van der Waals surface area contributed by atoms with Crippen molar-refractivity contribution >= 4 is 11.9 Å². The molecule has 170 valence electrons. The Kier molecular flexibility index (Phi) is 8.20. The Bertz CT molecular complexity index is 824. The molecule has 3 rings (SSSR count). The molecule has 0 saturated heterocycles. The highest BCUT2D eigenvalue weighted by Gasteiger charge is 2.27. The third kappa shape index (κ3) is 6.39. The Morgan fingerprint density at radius 1 is 1.19 bits per heavy atom. The monoisotopic (exact) mass is 428 g/mol. The van der Waals surface area contributed by atoms with Crippen LogP contribution in [0, 0.1) is 0 Å². The van der Waals surface area contributed by atoms with E-state index in [1.165, 1.54) is 6.42 Å². The minimum Gasteiger partial charge on any atom is -0.467 e. The van der Waals surface area contributed by atoms with E-state index in [4.69, 9.17) is 4.42 Å². The van der Waals surface area contributed by atoms with E-state index in [1.807, 2.05) is 55.9 Å². The minimum absolute atomic E-state index is 0.0203. The summed E-state index contributed by atoms with van der Waals surface area (Å²) in [6.45, 7) is 4.93. The van der Waals surface area contributed by atoms with E-state index in [-0.39, 0.29) is 30.6 Å². The maximum atomic E-state index is 13.4. The molecule has 0 bridgehead atoms. The largest absolute Gasteiger partial charge is 0.467 e. The van der Waals surface area contributed by atoms with Gasteiger partial charge in [0.05, 0.1) is 19.4 Å². The highest BCUT2D eigenvalue weighted by Crippen LogP contribution is 2.18. The van der Waals surface area contributed by atoms with Gasteiger partial charge in [0.15, 0.2) is 0 Å². The van der Waals surface area contributed by atoms with Gasteiger partial charge in [-0.05, 0) is 50.5 Å². The smallest absolute Gasteiger partial charge is 0.318 e. The third-order valence-corrected chi connectivity index (χ3v) is 6.31. The summed E-state index contributed by atoms with van der Waals surface area (Å²) >= 11 is 0. The van der Waals surface area contributed by atoms with Crippen molar-refractivity contribution in [2.75, 3.05) is 6.54 Å². The lowest BCUT2D eigenvalue weighted by Crippen LogP contribution is -2.52. The predicted octanol–water partition coefficient (Wildman–Crippen LogP) is 4.29. The van der Waals surface area contributed by atoms with Crippen LogP contribution in [0.4, 0.5) is 4.79 Å². The number of nitrogens with zero attached hydrogens (tertiary/aromatic N) is 3. The van der Waals surface area contributed by atoms with Crippen molar-refractivity contribution < 1.29 is 14.0 Å². The van der Waals surface area contributed by atoms with E-state index >= 15 is 0 Å². The molecule has 1 aliphatic rings. The van der Waals surface area contributed by atoms with Gasteiger partial charge in [-0.25, -0.2) is 4.79 Å². The van der Waals surface area contributed by atoms with Gasteiger partial charge in [0, 0.05) is 31.0 Å². The first-order valence-electron chi connectivity index (χ1n) is 11.5. The number of hydrogen-bond acceptors (Lipinski definition) is 3. The maximum absolute atomic E-state index is 13.4. The van der Waals surface area contributed by atoms with Crippen LogP contribution in [0.15, 0.2) is 41.1 Å². The SMILES string of the molecule is CCC(C)N(CC(=O)N(Cc1ccco1)Cc1cccn1C)C(=O)NC1CCCCC1. The Morgan fingerprint density at radius 2 is 1.97 bits per heavy atom. The molecule has 2 aromatic rings. The number of amides is 3. The lowest BCUT2D eigenvalue weighted by molar-refractivity contribution is -0.133. The van der Waals surface area contributed by atoms with E-state index in [1.54, 1.807) is 16.1 Å². The molecule has 1 fully saturated rings. The summed E-state index contributed by atoms with van der Waals surface area (Å²) in [5.41, 5.74) is 1.03. The first-order valence-corrected chi connectivity index (χ1v) is 11.5. The van der Waals surface area contributed by atoms with Crippen LogP contribution in [0.25, 0.3) is 0 Å². The van der Waals surface area contributed by atoms with Gasteiger partial charge in [-0.1, -0.05) is 26.2 Å². The van der Waals surface area contributed by atoms with Gasteiger partial charge in [0.2, 0.25) is 5.91 Å². The average Bonchev–Trinajstić information content (AvgIpc) is 3.43. The van der Waals surface area contributed by atoms with Crippen LogP contribution in [0.3, 0.4) is 0 Å². The van der Waals surface area contributed by atoms with Crippen molar-refractivity contribution in [1.29, 1.82) is 0 Å². The fraction of sp³-hybridized carbons (Fsp3) is 0.583. The number of nitrogens with one attached hydrogen (secondary N) is 1. The quantitative estimate of drug-likeness (QED) is 0.648. The average molecular weight is 429 g/mol. The Balaban J connectivity index is 1.71. The van der Waals surface area contributed by atoms with E-state index in [0.717, 1.165) is 43.6 Å². The first kappa shape index (κ1) is 23.0. The second-order valence-corrected chi connectivity index (χ2v) is 8.61. The zero-order valence-electron chi connectivity index (χ0n) is 19.0.